The first-order valence-electron chi connectivity index (χ1n) is 10.2. The number of rotatable bonds is 6. The van der Waals surface area contributed by atoms with Crippen LogP contribution in [0.4, 0.5) is 0 Å². The maximum absolute atomic E-state index is 12.8. The Labute approximate surface area is 180 Å². The minimum Gasteiger partial charge on any atom is -0.497 e. The SMILES string of the molecule is COc1ccc(-n2c(SCC(=O)N3CCCCCC3)nnc2-c2ccncc2)cc1. The Morgan fingerprint density at radius 3 is 2.37 bits per heavy atom. The topological polar surface area (TPSA) is 73.1 Å². The number of nitrogens with zero attached hydrogens (tertiary/aromatic N) is 5. The van der Waals surface area contributed by atoms with E-state index >= 15 is 0 Å². The summed E-state index contributed by atoms with van der Waals surface area (Å²) in [4.78, 5) is 18.8. The maximum Gasteiger partial charge on any atom is 0.233 e. The van der Waals surface area contributed by atoms with E-state index in [1.807, 2.05) is 45.9 Å². The van der Waals surface area contributed by atoms with Crippen molar-refractivity contribution in [1.82, 2.24) is 24.6 Å². The molecule has 4 rings (SSSR count). The van der Waals surface area contributed by atoms with Gasteiger partial charge in [0, 0.05) is 36.7 Å². The molecule has 3 aromatic rings. The van der Waals surface area contributed by atoms with Gasteiger partial charge in [-0.25, -0.2) is 0 Å². The fraction of sp³-hybridized carbons (Fsp3) is 0.364. The maximum atomic E-state index is 12.8. The van der Waals surface area contributed by atoms with E-state index in [4.69, 9.17) is 4.74 Å². The van der Waals surface area contributed by atoms with Gasteiger partial charge in [0.15, 0.2) is 11.0 Å². The van der Waals surface area contributed by atoms with Crippen LogP contribution in [0.5, 0.6) is 5.75 Å². The second-order valence-electron chi connectivity index (χ2n) is 7.16. The molecule has 0 saturated carbocycles. The van der Waals surface area contributed by atoms with Crippen LogP contribution >= 0.6 is 11.8 Å². The lowest BCUT2D eigenvalue weighted by Gasteiger charge is -2.20. The van der Waals surface area contributed by atoms with Crippen LogP contribution in [0.3, 0.4) is 0 Å². The number of benzene rings is 1. The molecule has 1 saturated heterocycles. The third-order valence-electron chi connectivity index (χ3n) is 5.19. The summed E-state index contributed by atoms with van der Waals surface area (Å²) in [5.41, 5.74) is 1.83. The van der Waals surface area contributed by atoms with E-state index in [9.17, 15) is 4.79 Å². The standard InChI is InChI=1S/C22H25N5O2S/c1-29-19-8-6-18(7-9-19)27-21(17-10-12-23-13-11-17)24-25-22(27)30-16-20(28)26-14-4-2-3-5-15-26/h6-13H,2-5,14-16H2,1H3. The molecule has 0 radical (unpaired) electrons. The summed E-state index contributed by atoms with van der Waals surface area (Å²) in [5.74, 6) is 2.01. The molecule has 1 amide bonds. The van der Waals surface area contributed by atoms with Gasteiger partial charge in [-0.15, -0.1) is 10.2 Å². The highest BCUT2D eigenvalue weighted by atomic mass is 32.2. The minimum atomic E-state index is 0.164. The van der Waals surface area contributed by atoms with E-state index in [1.54, 1.807) is 19.5 Å². The van der Waals surface area contributed by atoms with Gasteiger partial charge in [-0.05, 0) is 49.2 Å². The van der Waals surface area contributed by atoms with Gasteiger partial charge in [0.05, 0.1) is 12.9 Å². The van der Waals surface area contributed by atoms with E-state index in [-0.39, 0.29) is 5.91 Å². The zero-order valence-electron chi connectivity index (χ0n) is 17.0. The third-order valence-corrected chi connectivity index (χ3v) is 6.10. The number of ether oxygens (including phenoxy) is 1. The van der Waals surface area contributed by atoms with Crippen LogP contribution < -0.4 is 4.74 Å². The summed E-state index contributed by atoms with van der Waals surface area (Å²) in [5, 5.41) is 9.51. The second kappa shape index (κ2) is 9.75. The molecule has 0 bridgehead atoms. The van der Waals surface area contributed by atoms with E-state index in [0.717, 1.165) is 42.9 Å². The number of hydrogen-bond donors (Lipinski definition) is 0. The number of carbonyl (C=O) groups excluding carboxylic acids is 1. The number of carbonyl (C=O) groups is 1. The molecule has 1 aromatic carbocycles. The molecule has 8 heteroatoms. The monoisotopic (exact) mass is 423 g/mol. The lowest BCUT2D eigenvalue weighted by atomic mass is 10.2. The van der Waals surface area contributed by atoms with E-state index < -0.39 is 0 Å². The van der Waals surface area contributed by atoms with Gasteiger partial charge in [0.1, 0.15) is 5.75 Å². The molecular weight excluding hydrogens is 398 g/mol. The Kier molecular flexibility index (Phi) is 6.63. The van der Waals surface area contributed by atoms with Crippen molar-refractivity contribution < 1.29 is 9.53 Å². The smallest absolute Gasteiger partial charge is 0.233 e. The predicted molar refractivity (Wildman–Crippen MR) is 117 cm³/mol. The van der Waals surface area contributed by atoms with Crippen molar-refractivity contribution >= 4 is 17.7 Å². The Morgan fingerprint density at radius 2 is 1.70 bits per heavy atom. The molecule has 0 atom stereocenters. The second-order valence-corrected chi connectivity index (χ2v) is 8.10. The van der Waals surface area contributed by atoms with Gasteiger partial charge < -0.3 is 9.64 Å². The summed E-state index contributed by atoms with van der Waals surface area (Å²) in [6.07, 6.45) is 8.06. The van der Waals surface area contributed by atoms with Crippen LogP contribution in [0.1, 0.15) is 25.7 Å². The van der Waals surface area contributed by atoms with Crippen molar-refractivity contribution in [2.75, 3.05) is 26.0 Å². The van der Waals surface area contributed by atoms with E-state index in [1.165, 1.54) is 24.6 Å². The summed E-state index contributed by atoms with van der Waals surface area (Å²) in [6.45, 7) is 1.71. The predicted octanol–water partition coefficient (Wildman–Crippen LogP) is 3.83. The molecular formula is C22H25N5O2S. The van der Waals surface area contributed by atoms with Gasteiger partial charge in [0.2, 0.25) is 5.91 Å². The van der Waals surface area contributed by atoms with Crippen LogP contribution in [-0.4, -0.2) is 56.5 Å². The number of aromatic nitrogens is 4. The fourth-order valence-corrected chi connectivity index (χ4v) is 4.41. The average Bonchev–Trinajstić information content (AvgIpc) is 3.02. The lowest BCUT2D eigenvalue weighted by molar-refractivity contribution is -0.128. The highest BCUT2D eigenvalue weighted by Crippen LogP contribution is 2.29. The summed E-state index contributed by atoms with van der Waals surface area (Å²) in [7, 11) is 1.64. The van der Waals surface area contributed by atoms with Crippen LogP contribution in [0.15, 0.2) is 53.9 Å². The number of hydrogen-bond acceptors (Lipinski definition) is 6. The number of methoxy groups -OCH3 is 1. The van der Waals surface area contributed by atoms with Crippen molar-refractivity contribution in [3.8, 4) is 22.8 Å². The molecule has 30 heavy (non-hydrogen) atoms. The minimum absolute atomic E-state index is 0.164. The molecule has 7 nitrogen and oxygen atoms in total. The molecule has 0 N–H and O–H groups in total. The van der Waals surface area contributed by atoms with Crippen molar-refractivity contribution in [2.24, 2.45) is 0 Å². The molecule has 1 aliphatic rings. The highest BCUT2D eigenvalue weighted by Gasteiger charge is 2.20. The zero-order chi connectivity index (χ0) is 20.8. The molecule has 1 aliphatic heterocycles. The van der Waals surface area contributed by atoms with Crippen molar-refractivity contribution in [2.45, 2.75) is 30.8 Å². The molecule has 3 heterocycles. The summed E-state index contributed by atoms with van der Waals surface area (Å²) < 4.78 is 7.27. The van der Waals surface area contributed by atoms with Crippen LogP contribution in [-0.2, 0) is 4.79 Å². The molecule has 156 valence electrons. The number of amides is 1. The first-order valence-corrected chi connectivity index (χ1v) is 11.2. The fourth-order valence-electron chi connectivity index (χ4n) is 3.55. The third kappa shape index (κ3) is 4.64. The Hall–Kier alpha value is -2.87. The largest absolute Gasteiger partial charge is 0.497 e. The summed E-state index contributed by atoms with van der Waals surface area (Å²) >= 11 is 1.43. The van der Waals surface area contributed by atoms with Crippen LogP contribution in [0.25, 0.3) is 17.1 Å². The molecule has 0 unspecified atom stereocenters. The Bertz CT molecular complexity index is 967. The zero-order valence-corrected chi connectivity index (χ0v) is 17.8. The van der Waals surface area contributed by atoms with Gasteiger partial charge in [-0.2, -0.15) is 0 Å². The van der Waals surface area contributed by atoms with Gasteiger partial charge in [0.25, 0.3) is 0 Å². The normalized spacial score (nSPS) is 14.4. The van der Waals surface area contributed by atoms with E-state index in [0.29, 0.717) is 16.7 Å². The number of thioether (sulfide) groups is 1. The molecule has 2 aromatic heterocycles. The summed E-state index contributed by atoms with van der Waals surface area (Å²) in [6, 6.07) is 11.5. The molecule has 0 spiro atoms. The Morgan fingerprint density at radius 1 is 1.00 bits per heavy atom. The van der Waals surface area contributed by atoms with Gasteiger partial charge in [-0.3, -0.25) is 14.3 Å². The Balaban J connectivity index is 1.60. The molecule has 1 fully saturated rings. The first-order chi connectivity index (χ1) is 14.8. The van der Waals surface area contributed by atoms with Gasteiger partial charge >= 0.3 is 0 Å². The average molecular weight is 424 g/mol. The van der Waals surface area contributed by atoms with E-state index in [2.05, 4.69) is 15.2 Å². The van der Waals surface area contributed by atoms with Crippen LogP contribution in [0, 0.1) is 0 Å². The highest BCUT2D eigenvalue weighted by molar-refractivity contribution is 7.99. The number of pyridine rings is 1. The lowest BCUT2D eigenvalue weighted by Crippen LogP contribution is -2.33. The van der Waals surface area contributed by atoms with Gasteiger partial charge in [-0.1, -0.05) is 24.6 Å². The first kappa shape index (κ1) is 20.4. The number of likely N-dealkylation sites (tertiary alicyclic amines) is 1. The van der Waals surface area contributed by atoms with Crippen molar-refractivity contribution in [3.63, 3.8) is 0 Å². The van der Waals surface area contributed by atoms with Crippen LogP contribution in [0.2, 0.25) is 0 Å². The quantitative estimate of drug-likeness (QED) is 0.561. The van der Waals surface area contributed by atoms with Crippen molar-refractivity contribution in [1.29, 1.82) is 0 Å². The van der Waals surface area contributed by atoms with Crippen molar-refractivity contribution in [3.05, 3.63) is 48.8 Å². The molecule has 0 aliphatic carbocycles.